The Balaban J connectivity index is 1.71. The van der Waals surface area contributed by atoms with Gasteiger partial charge >= 0.3 is 11.9 Å². The van der Waals surface area contributed by atoms with Crippen molar-refractivity contribution in [3.63, 3.8) is 0 Å². The van der Waals surface area contributed by atoms with Crippen LogP contribution in [0.4, 0.5) is 11.4 Å². The van der Waals surface area contributed by atoms with E-state index >= 15 is 0 Å². The summed E-state index contributed by atoms with van der Waals surface area (Å²) in [5.41, 5.74) is -0.906. The lowest BCUT2D eigenvalue weighted by molar-refractivity contribution is -0.115. The number of halogens is 4. The SMILES string of the molecule is CC(Sc1ccc(NC(=O)c2c(Cl)c(Cl)c(Cl)c(Cl)c2C(=O)O)cc1)C(=O)Nc1ccc(O)c(C(=O)O)c1. The number of anilines is 2. The van der Waals surface area contributed by atoms with Crippen molar-refractivity contribution < 1.29 is 34.5 Å². The second kappa shape index (κ2) is 12.1. The topological polar surface area (TPSA) is 153 Å². The fraction of sp³-hybridized carbons (Fsp3) is 0.0833. The molecule has 0 bridgehead atoms. The zero-order valence-corrected chi connectivity index (χ0v) is 22.9. The lowest BCUT2D eigenvalue weighted by atomic mass is 10.1. The Bertz CT molecular complexity index is 1470. The third-order valence-electron chi connectivity index (χ3n) is 5.00. The number of phenols is 1. The van der Waals surface area contributed by atoms with Crippen LogP contribution in [0.3, 0.4) is 0 Å². The van der Waals surface area contributed by atoms with Crippen molar-refractivity contribution in [3.8, 4) is 5.75 Å². The summed E-state index contributed by atoms with van der Waals surface area (Å²) in [4.78, 5) is 48.9. The molecule has 198 valence electrons. The number of nitrogens with one attached hydrogen (secondary N) is 2. The van der Waals surface area contributed by atoms with Gasteiger partial charge in [0.1, 0.15) is 11.3 Å². The molecular weight excluding hydrogens is 602 g/mol. The molecular formula is C24H16Cl4N2O7S. The molecule has 0 fully saturated rings. The lowest BCUT2D eigenvalue weighted by Gasteiger charge is -2.15. The molecule has 0 aromatic heterocycles. The number of hydrogen-bond donors (Lipinski definition) is 5. The number of hydrogen-bond acceptors (Lipinski definition) is 6. The van der Waals surface area contributed by atoms with Crippen molar-refractivity contribution in [2.75, 3.05) is 10.6 Å². The first-order valence-electron chi connectivity index (χ1n) is 10.4. The van der Waals surface area contributed by atoms with Crippen molar-refractivity contribution in [3.05, 3.63) is 79.2 Å². The van der Waals surface area contributed by atoms with Gasteiger partial charge in [-0.25, -0.2) is 9.59 Å². The van der Waals surface area contributed by atoms with Gasteiger partial charge in [-0.1, -0.05) is 46.4 Å². The maximum Gasteiger partial charge on any atom is 0.339 e. The van der Waals surface area contributed by atoms with Crippen molar-refractivity contribution in [2.45, 2.75) is 17.1 Å². The number of carbonyl (C=O) groups excluding carboxylic acids is 2. The van der Waals surface area contributed by atoms with E-state index in [1.165, 1.54) is 36.0 Å². The van der Waals surface area contributed by atoms with Crippen molar-refractivity contribution in [1.82, 2.24) is 0 Å². The molecule has 0 aliphatic heterocycles. The summed E-state index contributed by atoms with van der Waals surface area (Å²) in [5, 5.41) is 31.4. The predicted molar refractivity (Wildman–Crippen MR) is 147 cm³/mol. The van der Waals surface area contributed by atoms with Gasteiger partial charge < -0.3 is 26.0 Å². The summed E-state index contributed by atoms with van der Waals surface area (Å²) in [6.45, 7) is 1.64. The highest BCUT2D eigenvalue weighted by Gasteiger charge is 2.29. The predicted octanol–water partition coefficient (Wildman–Crippen LogP) is 6.77. The van der Waals surface area contributed by atoms with Crippen LogP contribution in [0.5, 0.6) is 5.75 Å². The molecule has 0 saturated heterocycles. The van der Waals surface area contributed by atoms with E-state index in [0.717, 1.165) is 6.07 Å². The summed E-state index contributed by atoms with van der Waals surface area (Å²) in [5.74, 6) is -4.57. The van der Waals surface area contributed by atoms with Crippen LogP contribution in [0, 0.1) is 0 Å². The van der Waals surface area contributed by atoms with Crippen molar-refractivity contribution in [1.29, 1.82) is 0 Å². The minimum atomic E-state index is -1.52. The molecule has 38 heavy (non-hydrogen) atoms. The third kappa shape index (κ3) is 6.46. The second-order valence-corrected chi connectivity index (χ2v) is 10.5. The molecule has 0 heterocycles. The molecule has 3 aromatic rings. The number of carboxylic acids is 2. The van der Waals surface area contributed by atoms with Crippen LogP contribution in [0.25, 0.3) is 0 Å². The van der Waals surface area contributed by atoms with Crippen LogP contribution >= 0.6 is 58.2 Å². The number of carboxylic acid groups (broad SMARTS) is 2. The average molecular weight is 618 g/mol. The van der Waals surface area contributed by atoms with Crippen LogP contribution < -0.4 is 10.6 Å². The van der Waals surface area contributed by atoms with Crippen molar-refractivity contribution in [2.24, 2.45) is 0 Å². The van der Waals surface area contributed by atoms with Gasteiger partial charge in [-0.2, -0.15) is 0 Å². The van der Waals surface area contributed by atoms with E-state index in [9.17, 15) is 29.4 Å². The minimum absolute atomic E-state index is 0.206. The second-order valence-electron chi connectivity index (χ2n) is 7.58. The molecule has 0 saturated carbocycles. The molecule has 0 spiro atoms. The molecule has 1 unspecified atom stereocenters. The van der Waals surface area contributed by atoms with E-state index in [0.29, 0.717) is 4.90 Å². The van der Waals surface area contributed by atoms with Gasteiger partial charge in [-0.15, -0.1) is 11.8 Å². The number of carbonyl (C=O) groups is 4. The zero-order chi connectivity index (χ0) is 28.3. The number of aromatic carboxylic acids is 2. The summed E-state index contributed by atoms with van der Waals surface area (Å²) < 4.78 is 0. The van der Waals surface area contributed by atoms with Crippen LogP contribution in [0.2, 0.25) is 20.1 Å². The van der Waals surface area contributed by atoms with E-state index in [2.05, 4.69) is 10.6 Å². The maximum absolute atomic E-state index is 12.9. The Hall–Kier alpha value is -3.15. The zero-order valence-electron chi connectivity index (χ0n) is 19.0. The molecule has 9 nitrogen and oxygen atoms in total. The Morgan fingerprint density at radius 2 is 1.32 bits per heavy atom. The highest BCUT2D eigenvalue weighted by Crippen LogP contribution is 2.42. The lowest BCUT2D eigenvalue weighted by Crippen LogP contribution is -2.22. The van der Waals surface area contributed by atoms with E-state index in [-0.39, 0.29) is 32.0 Å². The van der Waals surface area contributed by atoms with Crippen LogP contribution in [0.1, 0.15) is 38.0 Å². The van der Waals surface area contributed by atoms with Crippen LogP contribution in [-0.4, -0.2) is 44.3 Å². The third-order valence-corrected chi connectivity index (χ3v) is 7.91. The van der Waals surface area contributed by atoms with Gasteiger partial charge in [0.2, 0.25) is 5.91 Å². The van der Waals surface area contributed by atoms with E-state index in [4.69, 9.17) is 51.5 Å². The average Bonchev–Trinajstić information content (AvgIpc) is 2.86. The minimum Gasteiger partial charge on any atom is -0.507 e. The monoisotopic (exact) mass is 616 g/mol. The Kier molecular flexibility index (Phi) is 9.40. The van der Waals surface area contributed by atoms with Gasteiger partial charge in [-0.3, -0.25) is 9.59 Å². The molecule has 2 amide bonds. The highest BCUT2D eigenvalue weighted by atomic mass is 35.5. The molecule has 5 N–H and O–H groups in total. The molecule has 3 aromatic carbocycles. The number of thioether (sulfide) groups is 1. The number of amides is 2. The molecule has 0 radical (unpaired) electrons. The molecule has 14 heteroatoms. The van der Waals surface area contributed by atoms with Crippen molar-refractivity contribution >= 4 is 93.3 Å². The number of rotatable bonds is 8. The fourth-order valence-corrected chi connectivity index (χ4v) is 5.03. The molecule has 0 aliphatic carbocycles. The summed E-state index contributed by atoms with van der Waals surface area (Å²) >= 11 is 25.2. The molecule has 1 atom stereocenters. The highest BCUT2D eigenvalue weighted by molar-refractivity contribution is 8.00. The summed E-state index contributed by atoms with van der Waals surface area (Å²) in [6, 6.07) is 9.98. The van der Waals surface area contributed by atoms with Crippen LogP contribution in [0.15, 0.2) is 47.4 Å². The first-order valence-corrected chi connectivity index (χ1v) is 12.8. The smallest absolute Gasteiger partial charge is 0.339 e. The van der Waals surface area contributed by atoms with Gasteiger partial charge in [0.25, 0.3) is 5.91 Å². The van der Waals surface area contributed by atoms with E-state index < -0.39 is 50.9 Å². The molecule has 0 aliphatic rings. The van der Waals surface area contributed by atoms with Crippen LogP contribution in [-0.2, 0) is 4.79 Å². The summed E-state index contributed by atoms with van der Waals surface area (Å²) in [6.07, 6.45) is 0. The number of aromatic hydroxyl groups is 1. The van der Waals surface area contributed by atoms with Gasteiger partial charge in [-0.05, 0) is 49.4 Å². The Morgan fingerprint density at radius 3 is 1.87 bits per heavy atom. The molecule has 3 rings (SSSR count). The van der Waals surface area contributed by atoms with Gasteiger partial charge in [0, 0.05) is 16.3 Å². The van der Waals surface area contributed by atoms with E-state index in [1.807, 2.05) is 0 Å². The summed E-state index contributed by atoms with van der Waals surface area (Å²) in [7, 11) is 0. The largest absolute Gasteiger partial charge is 0.507 e. The Labute approximate surface area is 239 Å². The Morgan fingerprint density at radius 1 is 0.763 bits per heavy atom. The maximum atomic E-state index is 12.9. The normalized spacial score (nSPS) is 11.5. The van der Waals surface area contributed by atoms with Gasteiger partial charge in [0.05, 0.1) is 36.5 Å². The first kappa shape index (κ1) is 29.4. The standard InChI is InChI=1S/C24H16Cl4N2O7S/c1-9(21(32)30-11-4-7-14(31)13(8-11)23(34)35)38-12-5-2-10(3-6-12)29-22(33)15-16(24(36)37)18(26)20(28)19(27)17(15)25/h2-9,31H,1H3,(H,29,33)(H,30,32)(H,34,35)(H,36,37). The van der Waals surface area contributed by atoms with Gasteiger partial charge in [0.15, 0.2) is 0 Å². The quantitative estimate of drug-likeness (QED) is 0.0803. The first-order chi connectivity index (χ1) is 17.8. The number of benzene rings is 3. The fourth-order valence-electron chi connectivity index (χ4n) is 3.14. The van der Waals surface area contributed by atoms with E-state index in [1.54, 1.807) is 19.1 Å².